The van der Waals surface area contributed by atoms with Crippen LogP contribution in [-0.4, -0.2) is 29.4 Å². The third-order valence-corrected chi connectivity index (χ3v) is 5.38. The zero-order valence-corrected chi connectivity index (χ0v) is 15.7. The summed E-state index contributed by atoms with van der Waals surface area (Å²) < 4.78 is 18.5. The minimum atomic E-state index is -0.376. The van der Waals surface area contributed by atoms with Gasteiger partial charge in [-0.15, -0.1) is 11.8 Å². The van der Waals surface area contributed by atoms with Crippen molar-refractivity contribution in [3.8, 4) is 5.75 Å². The van der Waals surface area contributed by atoms with Gasteiger partial charge < -0.3 is 15.4 Å². The third-order valence-electron chi connectivity index (χ3n) is 4.24. The lowest BCUT2D eigenvalue weighted by Crippen LogP contribution is -2.37. The van der Waals surface area contributed by atoms with Crippen LogP contribution in [0.3, 0.4) is 0 Å². The zero-order chi connectivity index (χ0) is 19.2. The Morgan fingerprint density at radius 2 is 1.96 bits per heavy atom. The van der Waals surface area contributed by atoms with Gasteiger partial charge in [-0.05, 0) is 37.3 Å². The lowest BCUT2D eigenvalue weighted by Gasteiger charge is -2.27. The van der Waals surface area contributed by atoms with E-state index in [2.05, 4.69) is 10.6 Å². The van der Waals surface area contributed by atoms with Crippen molar-refractivity contribution >= 4 is 29.3 Å². The number of hydrogen-bond donors (Lipinski definition) is 2. The van der Waals surface area contributed by atoms with Crippen molar-refractivity contribution in [2.75, 3.05) is 17.7 Å². The Morgan fingerprint density at radius 3 is 2.74 bits per heavy atom. The van der Waals surface area contributed by atoms with Crippen LogP contribution in [0, 0.1) is 5.82 Å². The number of benzene rings is 2. The summed E-state index contributed by atoms with van der Waals surface area (Å²) >= 11 is 1.26. The molecule has 0 radical (unpaired) electrons. The normalized spacial score (nSPS) is 16.6. The fraction of sp³-hybridized carbons (Fsp3) is 0.300. The van der Waals surface area contributed by atoms with Gasteiger partial charge in [-0.2, -0.15) is 0 Å². The van der Waals surface area contributed by atoms with E-state index in [1.807, 2.05) is 24.3 Å². The molecule has 1 aliphatic heterocycles. The molecule has 0 fully saturated rings. The fourth-order valence-electron chi connectivity index (χ4n) is 2.79. The van der Waals surface area contributed by atoms with E-state index in [1.54, 1.807) is 6.92 Å². The van der Waals surface area contributed by atoms with Gasteiger partial charge >= 0.3 is 0 Å². The number of hydrogen-bond acceptors (Lipinski definition) is 4. The number of thioether (sulfide) groups is 1. The van der Waals surface area contributed by atoms with E-state index in [-0.39, 0.29) is 34.7 Å². The summed E-state index contributed by atoms with van der Waals surface area (Å²) in [6, 6.07) is 13.1. The number of halogens is 1. The first-order chi connectivity index (χ1) is 13.0. The van der Waals surface area contributed by atoms with Crippen LogP contribution in [0.1, 0.15) is 24.9 Å². The number of carbonyl (C=O) groups excluding carboxylic acids is 2. The highest BCUT2D eigenvalue weighted by Crippen LogP contribution is 2.31. The third kappa shape index (κ3) is 5.23. The molecule has 0 saturated heterocycles. The van der Waals surface area contributed by atoms with E-state index in [1.165, 1.54) is 36.0 Å². The molecule has 1 aliphatic rings. The van der Waals surface area contributed by atoms with Crippen LogP contribution in [0.25, 0.3) is 0 Å². The van der Waals surface area contributed by atoms with E-state index >= 15 is 0 Å². The van der Waals surface area contributed by atoms with E-state index in [9.17, 15) is 14.0 Å². The van der Waals surface area contributed by atoms with Gasteiger partial charge in [0, 0.05) is 17.7 Å². The molecular weight excluding hydrogens is 367 g/mol. The molecule has 0 unspecified atom stereocenters. The van der Waals surface area contributed by atoms with Crippen LogP contribution in [-0.2, 0) is 9.59 Å². The minimum absolute atomic E-state index is 0.0847. The molecule has 0 aliphatic carbocycles. The van der Waals surface area contributed by atoms with Crippen molar-refractivity contribution in [1.29, 1.82) is 0 Å². The van der Waals surface area contributed by atoms with Crippen LogP contribution >= 0.6 is 11.8 Å². The van der Waals surface area contributed by atoms with Gasteiger partial charge in [0.25, 0.3) is 0 Å². The van der Waals surface area contributed by atoms with E-state index < -0.39 is 0 Å². The summed E-state index contributed by atoms with van der Waals surface area (Å²) in [5.74, 6) is 0.227. The summed E-state index contributed by atoms with van der Waals surface area (Å²) in [5.41, 5.74) is 1.50. The molecule has 0 aromatic heterocycles. The number of carbonyl (C=O) groups is 2. The number of anilines is 1. The smallest absolute Gasteiger partial charge is 0.234 e. The number of nitrogens with one attached hydrogen (secondary N) is 2. The number of amides is 2. The van der Waals surface area contributed by atoms with Crippen LogP contribution in [0.5, 0.6) is 5.75 Å². The zero-order valence-electron chi connectivity index (χ0n) is 14.9. The second-order valence-electron chi connectivity index (χ2n) is 6.24. The largest absolute Gasteiger partial charge is 0.493 e. The van der Waals surface area contributed by atoms with Crippen molar-refractivity contribution < 1.29 is 18.7 Å². The number of ether oxygens (including phenoxy) is 1. The Hall–Kier alpha value is -2.54. The minimum Gasteiger partial charge on any atom is -0.493 e. The van der Waals surface area contributed by atoms with Gasteiger partial charge in [-0.1, -0.05) is 18.2 Å². The molecule has 3 rings (SSSR count). The Bertz CT molecular complexity index is 813. The van der Waals surface area contributed by atoms with Crippen LogP contribution in [0.4, 0.5) is 10.1 Å². The van der Waals surface area contributed by atoms with Crippen LogP contribution < -0.4 is 15.4 Å². The first-order valence-corrected chi connectivity index (χ1v) is 9.77. The second kappa shape index (κ2) is 8.90. The van der Waals surface area contributed by atoms with Crippen LogP contribution in [0.2, 0.25) is 0 Å². The molecule has 142 valence electrons. The van der Waals surface area contributed by atoms with Gasteiger partial charge in [0.15, 0.2) is 0 Å². The molecule has 2 N–H and O–H groups in total. The molecule has 2 aromatic rings. The summed E-state index contributed by atoms with van der Waals surface area (Å²) in [7, 11) is 0. The van der Waals surface area contributed by atoms with Gasteiger partial charge in [-0.25, -0.2) is 4.39 Å². The Labute approximate surface area is 161 Å². The lowest BCUT2D eigenvalue weighted by atomic mass is 10.0. The number of rotatable bonds is 6. The molecule has 7 heteroatoms. The Kier molecular flexibility index (Phi) is 6.34. The van der Waals surface area contributed by atoms with E-state index in [4.69, 9.17) is 4.74 Å². The number of para-hydroxylation sites is 1. The molecule has 27 heavy (non-hydrogen) atoms. The summed E-state index contributed by atoms with van der Waals surface area (Å²) in [6.07, 6.45) is 0.713. The average molecular weight is 388 g/mol. The van der Waals surface area contributed by atoms with Crippen molar-refractivity contribution in [3.63, 3.8) is 0 Å². The summed E-state index contributed by atoms with van der Waals surface area (Å²) in [6.45, 7) is 2.33. The maximum Gasteiger partial charge on any atom is 0.234 e. The van der Waals surface area contributed by atoms with E-state index in [0.29, 0.717) is 18.7 Å². The summed E-state index contributed by atoms with van der Waals surface area (Å²) in [4.78, 5) is 24.5. The van der Waals surface area contributed by atoms with Crippen molar-refractivity contribution in [3.05, 3.63) is 59.9 Å². The molecule has 2 atom stereocenters. The van der Waals surface area contributed by atoms with Gasteiger partial charge in [0.1, 0.15) is 11.6 Å². The van der Waals surface area contributed by atoms with Gasteiger partial charge in [0.05, 0.1) is 23.7 Å². The maximum atomic E-state index is 12.9. The highest BCUT2D eigenvalue weighted by atomic mass is 32.2. The molecular formula is C20H21FN2O3S. The van der Waals surface area contributed by atoms with Gasteiger partial charge in [0.2, 0.25) is 11.8 Å². The highest BCUT2D eigenvalue weighted by Gasteiger charge is 2.25. The second-order valence-corrected chi connectivity index (χ2v) is 7.57. The molecule has 2 aromatic carbocycles. The lowest BCUT2D eigenvalue weighted by molar-refractivity contribution is -0.121. The number of fused-ring (bicyclic) bond motifs is 1. The van der Waals surface area contributed by atoms with Crippen molar-refractivity contribution in [2.24, 2.45) is 0 Å². The maximum absolute atomic E-state index is 12.9. The van der Waals surface area contributed by atoms with Crippen molar-refractivity contribution in [2.45, 2.75) is 24.6 Å². The molecule has 5 nitrogen and oxygen atoms in total. The molecule has 0 spiro atoms. The Morgan fingerprint density at radius 1 is 1.22 bits per heavy atom. The van der Waals surface area contributed by atoms with Crippen LogP contribution in [0.15, 0.2) is 48.5 Å². The highest BCUT2D eigenvalue weighted by molar-refractivity contribution is 8.01. The predicted octanol–water partition coefficient (Wildman–Crippen LogP) is 3.53. The SMILES string of the molecule is C[C@H](SCC(=O)Nc1ccc(F)cc1)C(=O)N[C@H]1CCOc2ccccc21. The molecule has 2 amide bonds. The molecule has 0 bridgehead atoms. The standard InChI is InChI=1S/C20H21FN2O3S/c1-13(27-12-19(24)22-15-8-6-14(21)7-9-15)20(25)23-17-10-11-26-18-5-3-2-4-16(17)18/h2-9,13,17H,10-12H2,1H3,(H,22,24)(H,23,25)/t13-,17-/m0/s1. The summed E-state index contributed by atoms with van der Waals surface area (Å²) in [5, 5.41) is 5.35. The topological polar surface area (TPSA) is 67.4 Å². The Balaban J connectivity index is 1.48. The predicted molar refractivity (Wildman–Crippen MR) is 104 cm³/mol. The van der Waals surface area contributed by atoms with Gasteiger partial charge in [-0.3, -0.25) is 9.59 Å². The van der Waals surface area contributed by atoms with E-state index in [0.717, 1.165) is 11.3 Å². The van der Waals surface area contributed by atoms with Crippen molar-refractivity contribution in [1.82, 2.24) is 5.32 Å². The fourth-order valence-corrected chi connectivity index (χ4v) is 3.48. The molecule has 1 heterocycles. The first kappa shape index (κ1) is 19.2. The first-order valence-electron chi connectivity index (χ1n) is 8.72. The monoisotopic (exact) mass is 388 g/mol. The molecule has 0 saturated carbocycles. The average Bonchev–Trinajstić information content (AvgIpc) is 2.68. The quantitative estimate of drug-likeness (QED) is 0.795.